The van der Waals surface area contributed by atoms with Crippen molar-refractivity contribution in [2.24, 2.45) is 0 Å². The number of hydrogen-bond donors (Lipinski definition) is 1. The lowest BCUT2D eigenvalue weighted by Gasteiger charge is -2.09. The molecule has 0 atom stereocenters. The fraction of sp³-hybridized carbons (Fsp3) is 0.400. The number of nitrogens with zero attached hydrogens (tertiary/aromatic N) is 2. The predicted molar refractivity (Wildman–Crippen MR) is 79.6 cm³/mol. The van der Waals surface area contributed by atoms with Gasteiger partial charge in [-0.25, -0.2) is 0 Å². The molecule has 0 spiro atoms. The third-order valence-electron chi connectivity index (χ3n) is 3.77. The van der Waals surface area contributed by atoms with E-state index in [1.54, 1.807) is 13.8 Å². The van der Waals surface area contributed by atoms with Crippen molar-refractivity contribution >= 4 is 22.2 Å². The van der Waals surface area contributed by atoms with Crippen LogP contribution in [-0.2, 0) is 12.8 Å². The van der Waals surface area contributed by atoms with Crippen LogP contribution in [0, 0.1) is 25.2 Å². The second kappa shape index (κ2) is 5.34. The Balaban J connectivity index is 1.94. The second-order valence-electron chi connectivity index (χ2n) is 5.18. The standard InChI is InChI=1S/C15H15N3O2S/c1-8-13(9(2)20-18-8)14(19)17-15-11(7-16)10-5-3-4-6-12(10)21-15/h3-6H2,1-2H3,(H,17,19). The molecule has 0 unspecified atom stereocenters. The number of carbonyl (C=O) groups excluding carboxylic acids is 1. The molecule has 0 aliphatic heterocycles. The summed E-state index contributed by atoms with van der Waals surface area (Å²) in [5.41, 5.74) is 2.74. The van der Waals surface area contributed by atoms with Crippen molar-refractivity contribution in [2.75, 3.05) is 5.32 Å². The lowest BCUT2D eigenvalue weighted by Crippen LogP contribution is -2.13. The molecule has 2 aromatic heterocycles. The third-order valence-corrected chi connectivity index (χ3v) is 4.98. The van der Waals surface area contributed by atoms with Crippen LogP contribution in [0.25, 0.3) is 0 Å². The summed E-state index contributed by atoms with van der Waals surface area (Å²) in [5, 5.41) is 16.7. The molecule has 0 aromatic carbocycles. The first-order valence-electron chi connectivity index (χ1n) is 6.90. The van der Waals surface area contributed by atoms with Crippen molar-refractivity contribution in [1.29, 1.82) is 5.26 Å². The van der Waals surface area contributed by atoms with E-state index < -0.39 is 0 Å². The first-order chi connectivity index (χ1) is 10.1. The number of hydrogen-bond acceptors (Lipinski definition) is 5. The molecule has 6 heteroatoms. The zero-order valence-electron chi connectivity index (χ0n) is 11.9. The van der Waals surface area contributed by atoms with Gasteiger partial charge in [0.05, 0.1) is 11.3 Å². The number of aryl methyl sites for hydroxylation is 3. The topological polar surface area (TPSA) is 78.9 Å². The van der Waals surface area contributed by atoms with Gasteiger partial charge in [0.25, 0.3) is 5.91 Å². The summed E-state index contributed by atoms with van der Waals surface area (Å²) in [7, 11) is 0. The number of rotatable bonds is 2. The van der Waals surface area contributed by atoms with Gasteiger partial charge in [-0.1, -0.05) is 5.16 Å². The average Bonchev–Trinajstić information content (AvgIpc) is 2.98. The molecular weight excluding hydrogens is 286 g/mol. The summed E-state index contributed by atoms with van der Waals surface area (Å²) in [6.45, 7) is 3.44. The van der Waals surface area contributed by atoms with E-state index in [2.05, 4.69) is 16.5 Å². The molecule has 0 bridgehead atoms. The average molecular weight is 301 g/mol. The molecule has 5 nitrogen and oxygen atoms in total. The van der Waals surface area contributed by atoms with Gasteiger partial charge in [0.2, 0.25) is 0 Å². The van der Waals surface area contributed by atoms with Crippen molar-refractivity contribution in [3.63, 3.8) is 0 Å². The van der Waals surface area contributed by atoms with Gasteiger partial charge in [-0.3, -0.25) is 4.79 Å². The van der Waals surface area contributed by atoms with Gasteiger partial charge in [-0.05, 0) is 45.1 Å². The molecule has 0 fully saturated rings. The van der Waals surface area contributed by atoms with Crippen molar-refractivity contribution in [3.05, 3.63) is 33.0 Å². The molecule has 0 saturated carbocycles. The maximum atomic E-state index is 12.4. The van der Waals surface area contributed by atoms with E-state index in [1.807, 2.05) is 0 Å². The molecule has 0 saturated heterocycles. The zero-order chi connectivity index (χ0) is 15.0. The minimum Gasteiger partial charge on any atom is -0.361 e. The summed E-state index contributed by atoms with van der Waals surface area (Å²) in [4.78, 5) is 13.6. The van der Waals surface area contributed by atoms with Crippen LogP contribution in [0.15, 0.2) is 4.52 Å². The fourth-order valence-corrected chi connectivity index (χ4v) is 3.98. The lowest BCUT2D eigenvalue weighted by atomic mass is 9.96. The Labute approximate surface area is 126 Å². The summed E-state index contributed by atoms with van der Waals surface area (Å²) in [5.74, 6) is 0.228. The summed E-state index contributed by atoms with van der Waals surface area (Å²) >= 11 is 1.52. The molecule has 2 aromatic rings. The molecule has 0 radical (unpaired) electrons. The van der Waals surface area contributed by atoms with E-state index >= 15 is 0 Å². The van der Waals surface area contributed by atoms with Gasteiger partial charge in [-0.15, -0.1) is 11.3 Å². The van der Waals surface area contributed by atoms with Gasteiger partial charge in [0.15, 0.2) is 0 Å². The van der Waals surface area contributed by atoms with E-state index in [0.717, 1.165) is 31.2 Å². The molecule has 2 heterocycles. The molecule has 21 heavy (non-hydrogen) atoms. The molecule has 1 aliphatic rings. The Morgan fingerprint density at radius 3 is 2.81 bits per heavy atom. The summed E-state index contributed by atoms with van der Waals surface area (Å²) in [6.07, 6.45) is 4.18. The molecule has 1 amide bonds. The molecule has 1 N–H and O–H groups in total. The Kier molecular flexibility index (Phi) is 3.52. The van der Waals surface area contributed by atoms with Crippen LogP contribution in [-0.4, -0.2) is 11.1 Å². The monoisotopic (exact) mass is 301 g/mol. The maximum absolute atomic E-state index is 12.4. The van der Waals surface area contributed by atoms with Crippen LogP contribution >= 0.6 is 11.3 Å². The number of anilines is 1. The van der Waals surface area contributed by atoms with Crippen molar-refractivity contribution in [2.45, 2.75) is 39.5 Å². The number of amides is 1. The molecule has 108 valence electrons. The van der Waals surface area contributed by atoms with Crippen LogP contribution in [0.2, 0.25) is 0 Å². The molecule has 3 rings (SSSR count). The zero-order valence-corrected chi connectivity index (χ0v) is 12.8. The maximum Gasteiger partial charge on any atom is 0.261 e. The Bertz CT molecular complexity index is 732. The van der Waals surface area contributed by atoms with Gasteiger partial charge < -0.3 is 9.84 Å². The number of aromatic nitrogens is 1. The van der Waals surface area contributed by atoms with Crippen molar-refractivity contribution in [1.82, 2.24) is 5.16 Å². The van der Waals surface area contributed by atoms with Gasteiger partial charge in [0.1, 0.15) is 22.4 Å². The Hall–Kier alpha value is -2.13. The normalized spacial score (nSPS) is 13.6. The highest BCUT2D eigenvalue weighted by Crippen LogP contribution is 2.37. The number of thiophene rings is 1. The van der Waals surface area contributed by atoms with Gasteiger partial charge in [-0.2, -0.15) is 5.26 Å². The van der Waals surface area contributed by atoms with E-state index in [1.165, 1.54) is 16.2 Å². The number of fused-ring (bicyclic) bond motifs is 1. The highest BCUT2D eigenvalue weighted by molar-refractivity contribution is 7.16. The third kappa shape index (κ3) is 2.34. The van der Waals surface area contributed by atoms with E-state index in [4.69, 9.17) is 4.52 Å². The number of carbonyl (C=O) groups is 1. The smallest absolute Gasteiger partial charge is 0.261 e. The Morgan fingerprint density at radius 1 is 1.38 bits per heavy atom. The summed E-state index contributed by atoms with van der Waals surface area (Å²) in [6, 6.07) is 2.24. The summed E-state index contributed by atoms with van der Waals surface area (Å²) < 4.78 is 5.02. The highest BCUT2D eigenvalue weighted by atomic mass is 32.1. The van der Waals surface area contributed by atoms with E-state index in [-0.39, 0.29) is 5.91 Å². The van der Waals surface area contributed by atoms with Crippen molar-refractivity contribution < 1.29 is 9.32 Å². The molecule has 1 aliphatic carbocycles. The van der Waals surface area contributed by atoms with Crippen LogP contribution in [0.1, 0.15) is 50.7 Å². The number of nitriles is 1. The van der Waals surface area contributed by atoms with Crippen LogP contribution in [0.3, 0.4) is 0 Å². The predicted octanol–water partition coefficient (Wildman–Crippen LogP) is 3.36. The first-order valence-corrected chi connectivity index (χ1v) is 7.72. The van der Waals surface area contributed by atoms with Gasteiger partial charge >= 0.3 is 0 Å². The van der Waals surface area contributed by atoms with Crippen LogP contribution < -0.4 is 5.32 Å². The minimum atomic E-state index is -0.263. The highest BCUT2D eigenvalue weighted by Gasteiger charge is 2.24. The van der Waals surface area contributed by atoms with Gasteiger partial charge in [0, 0.05) is 4.88 Å². The van der Waals surface area contributed by atoms with Crippen molar-refractivity contribution in [3.8, 4) is 6.07 Å². The largest absolute Gasteiger partial charge is 0.361 e. The van der Waals surface area contributed by atoms with Crippen LogP contribution in [0.5, 0.6) is 0 Å². The SMILES string of the molecule is Cc1noc(C)c1C(=O)Nc1sc2c(c1C#N)CCCC2. The van der Waals surface area contributed by atoms with E-state index in [0.29, 0.717) is 27.6 Å². The second-order valence-corrected chi connectivity index (χ2v) is 6.29. The minimum absolute atomic E-state index is 0.263. The fourth-order valence-electron chi connectivity index (χ4n) is 2.75. The van der Waals surface area contributed by atoms with E-state index in [9.17, 15) is 10.1 Å². The first kappa shape index (κ1) is 13.8. The van der Waals surface area contributed by atoms with Crippen LogP contribution in [0.4, 0.5) is 5.00 Å². The Morgan fingerprint density at radius 2 is 2.14 bits per heavy atom. The number of nitrogens with one attached hydrogen (secondary N) is 1. The lowest BCUT2D eigenvalue weighted by molar-refractivity contribution is 0.102. The molecular formula is C15H15N3O2S. The quantitative estimate of drug-likeness (QED) is 0.922.